The first-order valence-corrected chi connectivity index (χ1v) is 9.16. The van der Waals surface area contributed by atoms with Crippen molar-refractivity contribution in [1.82, 2.24) is 14.6 Å². The predicted octanol–water partition coefficient (Wildman–Crippen LogP) is 5.41. The van der Waals surface area contributed by atoms with Gasteiger partial charge in [-0.15, -0.1) is 16.4 Å². The van der Waals surface area contributed by atoms with Crippen LogP contribution in [0.1, 0.15) is 0 Å². The maximum atomic E-state index is 12.1. The standard InChI is InChI=1S/C17H11Cl2N5OS/c18-10-6-7-13(19)12(8-10)14-9-26-17-22-15(23-24(14)17)21-16(25)20-11-4-2-1-3-5-11/h1-9H,(H2,20,21,23,25). The molecule has 0 aliphatic rings. The Labute approximate surface area is 162 Å². The number of nitrogens with one attached hydrogen (secondary N) is 2. The van der Waals surface area contributed by atoms with Crippen molar-refractivity contribution in [3.8, 4) is 11.3 Å². The summed E-state index contributed by atoms with van der Waals surface area (Å²) in [5.74, 6) is 0.199. The molecule has 2 aromatic heterocycles. The lowest BCUT2D eigenvalue weighted by Gasteiger charge is -2.04. The van der Waals surface area contributed by atoms with Crippen molar-refractivity contribution in [3.05, 3.63) is 64.0 Å². The lowest BCUT2D eigenvalue weighted by atomic mass is 10.2. The molecule has 0 aliphatic heterocycles. The number of nitrogens with zero attached hydrogens (tertiary/aromatic N) is 3. The van der Waals surface area contributed by atoms with Gasteiger partial charge in [0.1, 0.15) is 0 Å². The molecule has 4 rings (SSSR count). The van der Waals surface area contributed by atoms with Gasteiger partial charge in [0.15, 0.2) is 0 Å². The number of carbonyl (C=O) groups excluding carboxylic acids is 1. The number of anilines is 2. The first-order chi connectivity index (χ1) is 12.6. The number of halogens is 2. The molecule has 0 saturated carbocycles. The summed E-state index contributed by atoms with van der Waals surface area (Å²) >= 11 is 13.7. The summed E-state index contributed by atoms with van der Waals surface area (Å²) in [6, 6.07) is 13.9. The van der Waals surface area contributed by atoms with Crippen LogP contribution in [0.2, 0.25) is 10.0 Å². The van der Waals surface area contributed by atoms with Crippen molar-refractivity contribution in [2.75, 3.05) is 10.6 Å². The van der Waals surface area contributed by atoms with E-state index in [0.29, 0.717) is 20.7 Å². The number of benzene rings is 2. The summed E-state index contributed by atoms with van der Waals surface area (Å²) in [6.45, 7) is 0. The molecule has 0 spiro atoms. The second-order valence-corrected chi connectivity index (χ2v) is 7.00. The second kappa shape index (κ2) is 6.95. The van der Waals surface area contributed by atoms with E-state index in [1.165, 1.54) is 11.3 Å². The zero-order valence-corrected chi connectivity index (χ0v) is 15.4. The quantitative estimate of drug-likeness (QED) is 0.480. The van der Waals surface area contributed by atoms with Crippen LogP contribution < -0.4 is 10.6 Å². The average molecular weight is 404 g/mol. The molecular formula is C17H11Cl2N5OS. The fraction of sp³-hybridized carbons (Fsp3) is 0. The molecule has 2 aromatic carbocycles. The number of aromatic nitrogens is 3. The fourth-order valence-electron chi connectivity index (χ4n) is 2.40. The summed E-state index contributed by atoms with van der Waals surface area (Å²) in [5.41, 5.74) is 2.18. The number of thiazole rings is 1. The molecule has 0 unspecified atom stereocenters. The van der Waals surface area contributed by atoms with Gasteiger partial charge in [-0.2, -0.15) is 4.98 Å². The normalized spacial score (nSPS) is 10.8. The number of fused-ring (bicyclic) bond motifs is 1. The number of urea groups is 1. The maximum Gasteiger partial charge on any atom is 0.326 e. The molecule has 26 heavy (non-hydrogen) atoms. The Morgan fingerprint density at radius 1 is 1.08 bits per heavy atom. The Kier molecular flexibility index (Phi) is 4.50. The highest BCUT2D eigenvalue weighted by Gasteiger charge is 2.15. The zero-order valence-electron chi connectivity index (χ0n) is 13.1. The second-order valence-electron chi connectivity index (χ2n) is 5.32. The number of amides is 2. The van der Waals surface area contributed by atoms with Gasteiger partial charge in [-0.3, -0.25) is 5.32 Å². The summed E-state index contributed by atoms with van der Waals surface area (Å²) in [7, 11) is 0. The Hall–Kier alpha value is -2.61. The molecule has 0 radical (unpaired) electrons. The minimum absolute atomic E-state index is 0.199. The van der Waals surface area contributed by atoms with Gasteiger partial charge in [0.25, 0.3) is 5.95 Å². The summed E-state index contributed by atoms with van der Waals surface area (Å²) in [4.78, 5) is 17.0. The third-order valence-electron chi connectivity index (χ3n) is 3.54. The van der Waals surface area contributed by atoms with Crippen LogP contribution in [0.3, 0.4) is 0 Å². The van der Waals surface area contributed by atoms with Gasteiger partial charge < -0.3 is 5.32 Å². The van der Waals surface area contributed by atoms with Gasteiger partial charge in [0.2, 0.25) is 4.96 Å². The first kappa shape index (κ1) is 16.8. The molecule has 2 N–H and O–H groups in total. The molecular weight excluding hydrogens is 393 g/mol. The van der Waals surface area contributed by atoms with E-state index in [9.17, 15) is 4.79 Å². The molecule has 9 heteroatoms. The van der Waals surface area contributed by atoms with Crippen LogP contribution in [0.4, 0.5) is 16.4 Å². The van der Waals surface area contributed by atoms with Crippen molar-refractivity contribution in [1.29, 1.82) is 0 Å². The molecule has 0 bridgehead atoms. The van der Waals surface area contributed by atoms with E-state index >= 15 is 0 Å². The predicted molar refractivity (Wildman–Crippen MR) is 105 cm³/mol. The molecule has 2 heterocycles. The maximum absolute atomic E-state index is 12.1. The number of carbonyl (C=O) groups is 1. The summed E-state index contributed by atoms with van der Waals surface area (Å²) in [6.07, 6.45) is 0. The summed E-state index contributed by atoms with van der Waals surface area (Å²) in [5, 5.41) is 12.7. The van der Waals surface area contributed by atoms with Crippen molar-refractivity contribution in [3.63, 3.8) is 0 Å². The van der Waals surface area contributed by atoms with Gasteiger partial charge in [0.05, 0.1) is 10.7 Å². The smallest absolute Gasteiger partial charge is 0.308 e. The third kappa shape index (κ3) is 3.37. The lowest BCUT2D eigenvalue weighted by Crippen LogP contribution is -2.20. The van der Waals surface area contributed by atoms with E-state index in [1.54, 1.807) is 34.8 Å². The van der Waals surface area contributed by atoms with Gasteiger partial charge >= 0.3 is 6.03 Å². The van der Waals surface area contributed by atoms with Crippen molar-refractivity contribution >= 4 is 57.2 Å². The SMILES string of the molecule is O=C(Nc1ccccc1)Nc1nc2scc(-c3cc(Cl)ccc3Cl)n2n1. The van der Waals surface area contributed by atoms with Crippen LogP contribution in [-0.4, -0.2) is 20.6 Å². The Morgan fingerprint density at radius 3 is 2.69 bits per heavy atom. The van der Waals surface area contributed by atoms with Crippen LogP contribution >= 0.6 is 34.5 Å². The number of hydrogen-bond donors (Lipinski definition) is 2. The molecule has 130 valence electrons. The minimum Gasteiger partial charge on any atom is -0.308 e. The van der Waals surface area contributed by atoms with E-state index in [-0.39, 0.29) is 5.95 Å². The average Bonchev–Trinajstić information content (AvgIpc) is 3.18. The van der Waals surface area contributed by atoms with Crippen LogP contribution in [0, 0.1) is 0 Å². The Bertz CT molecular complexity index is 1090. The topological polar surface area (TPSA) is 71.3 Å². The zero-order chi connectivity index (χ0) is 18.1. The highest BCUT2D eigenvalue weighted by molar-refractivity contribution is 7.15. The van der Waals surface area contributed by atoms with Crippen LogP contribution in [0.15, 0.2) is 53.9 Å². The van der Waals surface area contributed by atoms with Gasteiger partial charge in [-0.1, -0.05) is 41.4 Å². The van der Waals surface area contributed by atoms with E-state index in [2.05, 4.69) is 20.7 Å². The van der Waals surface area contributed by atoms with E-state index in [1.807, 2.05) is 23.6 Å². The van der Waals surface area contributed by atoms with E-state index < -0.39 is 6.03 Å². The Balaban J connectivity index is 1.60. The van der Waals surface area contributed by atoms with Gasteiger partial charge in [-0.25, -0.2) is 9.31 Å². The Morgan fingerprint density at radius 2 is 1.88 bits per heavy atom. The molecule has 4 aromatic rings. The van der Waals surface area contributed by atoms with E-state index in [0.717, 1.165) is 11.3 Å². The van der Waals surface area contributed by atoms with E-state index in [4.69, 9.17) is 23.2 Å². The number of rotatable bonds is 3. The minimum atomic E-state index is -0.420. The fourth-order valence-corrected chi connectivity index (χ4v) is 3.61. The van der Waals surface area contributed by atoms with Crippen molar-refractivity contribution in [2.45, 2.75) is 0 Å². The molecule has 0 atom stereocenters. The monoisotopic (exact) mass is 403 g/mol. The lowest BCUT2D eigenvalue weighted by molar-refractivity contribution is 0.262. The highest BCUT2D eigenvalue weighted by atomic mass is 35.5. The molecule has 0 saturated heterocycles. The largest absolute Gasteiger partial charge is 0.326 e. The molecule has 0 fully saturated rings. The summed E-state index contributed by atoms with van der Waals surface area (Å²) < 4.78 is 1.63. The number of hydrogen-bond acceptors (Lipinski definition) is 4. The highest BCUT2D eigenvalue weighted by Crippen LogP contribution is 2.33. The van der Waals surface area contributed by atoms with Crippen LogP contribution in [0.5, 0.6) is 0 Å². The number of para-hydroxylation sites is 1. The van der Waals surface area contributed by atoms with Crippen LogP contribution in [-0.2, 0) is 0 Å². The first-order valence-electron chi connectivity index (χ1n) is 7.53. The van der Waals surface area contributed by atoms with Gasteiger partial charge in [-0.05, 0) is 30.3 Å². The van der Waals surface area contributed by atoms with Gasteiger partial charge in [0, 0.05) is 21.7 Å². The molecule has 6 nitrogen and oxygen atoms in total. The van der Waals surface area contributed by atoms with Crippen molar-refractivity contribution < 1.29 is 4.79 Å². The van der Waals surface area contributed by atoms with Crippen molar-refractivity contribution in [2.24, 2.45) is 0 Å². The van der Waals surface area contributed by atoms with Crippen LogP contribution in [0.25, 0.3) is 16.2 Å². The molecule has 2 amide bonds. The molecule has 0 aliphatic carbocycles. The third-order valence-corrected chi connectivity index (χ3v) is 4.92.